The van der Waals surface area contributed by atoms with Crippen LogP contribution in [0.5, 0.6) is 11.5 Å². The summed E-state index contributed by atoms with van der Waals surface area (Å²) in [6, 6.07) is 11.1. The molecular weight excluding hydrogens is 316 g/mol. The molecule has 120 valence electrons. The van der Waals surface area contributed by atoms with Crippen molar-refractivity contribution >= 4 is 11.8 Å². The minimum absolute atomic E-state index is 0.472. The van der Waals surface area contributed by atoms with Gasteiger partial charge in [0.15, 0.2) is 5.76 Å². The number of hydrogen-bond donors (Lipinski definition) is 0. The van der Waals surface area contributed by atoms with E-state index in [9.17, 15) is 0 Å². The largest absolute Gasteiger partial charge is 0.497 e. The molecule has 0 radical (unpaired) electrons. The lowest BCUT2D eigenvalue weighted by Gasteiger charge is -2.06. The van der Waals surface area contributed by atoms with E-state index >= 15 is 0 Å². The molecule has 0 saturated carbocycles. The van der Waals surface area contributed by atoms with Crippen LogP contribution in [0.2, 0.25) is 0 Å². The van der Waals surface area contributed by atoms with Crippen LogP contribution in [0.25, 0.3) is 11.6 Å². The van der Waals surface area contributed by atoms with E-state index in [-0.39, 0.29) is 0 Å². The number of ether oxygens (including phenoxy) is 2. The fourth-order valence-electron chi connectivity index (χ4n) is 1.87. The van der Waals surface area contributed by atoms with Crippen molar-refractivity contribution < 1.29 is 18.4 Å². The molecule has 23 heavy (non-hydrogen) atoms. The average Bonchev–Trinajstić information content (AvgIpc) is 3.26. The smallest absolute Gasteiger partial charge is 0.238 e. The van der Waals surface area contributed by atoms with Gasteiger partial charge in [-0.05, 0) is 36.4 Å². The predicted octanol–water partition coefficient (Wildman–Crippen LogP) is 3.65. The molecule has 0 aliphatic carbocycles. The Morgan fingerprint density at radius 1 is 1.13 bits per heavy atom. The van der Waals surface area contributed by atoms with Crippen LogP contribution in [-0.4, -0.2) is 29.6 Å². The lowest BCUT2D eigenvalue weighted by atomic mass is 10.3. The molecule has 0 bridgehead atoms. The Balaban J connectivity index is 1.38. The third-order valence-corrected chi connectivity index (χ3v) is 3.90. The fraction of sp³-hybridized carbons (Fsp3) is 0.250. The van der Waals surface area contributed by atoms with Gasteiger partial charge in [-0.2, -0.15) is 4.98 Å². The van der Waals surface area contributed by atoms with E-state index in [1.807, 2.05) is 24.3 Å². The summed E-state index contributed by atoms with van der Waals surface area (Å²) >= 11 is 1.67. The van der Waals surface area contributed by atoms with Gasteiger partial charge in [0.25, 0.3) is 0 Å². The van der Waals surface area contributed by atoms with Gasteiger partial charge in [-0.1, -0.05) is 5.16 Å². The van der Waals surface area contributed by atoms with Crippen LogP contribution in [0.1, 0.15) is 5.89 Å². The Labute approximate surface area is 137 Å². The van der Waals surface area contributed by atoms with E-state index in [1.165, 1.54) is 0 Å². The summed E-state index contributed by atoms with van der Waals surface area (Å²) in [5.41, 5.74) is 0. The minimum atomic E-state index is 0.472. The molecule has 2 heterocycles. The Morgan fingerprint density at radius 2 is 1.96 bits per heavy atom. The molecule has 0 amide bonds. The first-order valence-corrected chi connectivity index (χ1v) is 8.21. The molecule has 0 fully saturated rings. The first-order valence-electron chi connectivity index (χ1n) is 7.06. The van der Waals surface area contributed by atoms with Crippen LogP contribution in [0.3, 0.4) is 0 Å². The van der Waals surface area contributed by atoms with Crippen LogP contribution in [0.4, 0.5) is 0 Å². The summed E-state index contributed by atoms with van der Waals surface area (Å²) in [7, 11) is 1.64. The Bertz CT molecular complexity index is 710. The monoisotopic (exact) mass is 332 g/mol. The van der Waals surface area contributed by atoms with Crippen LogP contribution < -0.4 is 9.47 Å². The number of thioether (sulfide) groups is 1. The summed E-state index contributed by atoms with van der Waals surface area (Å²) in [6.45, 7) is 0.607. The van der Waals surface area contributed by atoms with Gasteiger partial charge in [0.05, 0.1) is 25.7 Å². The van der Waals surface area contributed by atoms with Crippen molar-refractivity contribution in [2.75, 3.05) is 19.5 Å². The lowest BCUT2D eigenvalue weighted by Crippen LogP contribution is -2.00. The second kappa shape index (κ2) is 7.73. The van der Waals surface area contributed by atoms with Crippen LogP contribution in [-0.2, 0) is 5.75 Å². The zero-order valence-corrected chi connectivity index (χ0v) is 13.4. The SMILES string of the molecule is COc1ccc(OCCSCc2nc(-c3ccco3)no2)cc1. The fourth-order valence-corrected chi connectivity index (χ4v) is 2.51. The standard InChI is InChI=1S/C16H16N2O4S/c1-19-12-4-6-13(7-5-12)20-9-10-23-11-15-17-16(18-22-15)14-3-2-8-21-14/h2-8H,9-11H2,1H3. The number of methoxy groups -OCH3 is 1. The summed E-state index contributed by atoms with van der Waals surface area (Å²) in [6.07, 6.45) is 1.58. The molecule has 3 rings (SSSR count). The lowest BCUT2D eigenvalue weighted by molar-refractivity contribution is 0.342. The molecular formula is C16H16N2O4S. The number of nitrogens with zero attached hydrogens (tertiary/aromatic N) is 2. The predicted molar refractivity (Wildman–Crippen MR) is 86.7 cm³/mol. The van der Waals surface area contributed by atoms with Gasteiger partial charge in [-0.3, -0.25) is 0 Å². The highest BCUT2D eigenvalue weighted by Gasteiger charge is 2.10. The quantitative estimate of drug-likeness (QED) is 0.583. The van der Waals surface area contributed by atoms with E-state index < -0.39 is 0 Å². The van der Waals surface area contributed by atoms with Gasteiger partial charge in [0, 0.05) is 5.75 Å². The minimum Gasteiger partial charge on any atom is -0.497 e. The first-order chi connectivity index (χ1) is 11.3. The van der Waals surface area contributed by atoms with E-state index in [2.05, 4.69) is 10.1 Å². The van der Waals surface area contributed by atoms with Gasteiger partial charge in [0.1, 0.15) is 11.5 Å². The Morgan fingerprint density at radius 3 is 2.70 bits per heavy atom. The van der Waals surface area contributed by atoms with Crippen molar-refractivity contribution in [2.45, 2.75) is 5.75 Å². The van der Waals surface area contributed by atoms with Gasteiger partial charge in [0.2, 0.25) is 11.7 Å². The second-order valence-corrected chi connectivity index (χ2v) is 5.67. The third-order valence-electron chi connectivity index (χ3n) is 2.99. The number of aromatic nitrogens is 2. The van der Waals surface area contributed by atoms with E-state index in [0.29, 0.717) is 29.8 Å². The number of furan rings is 1. The molecule has 0 atom stereocenters. The summed E-state index contributed by atoms with van der Waals surface area (Å²) in [5, 5.41) is 3.89. The van der Waals surface area contributed by atoms with E-state index in [4.69, 9.17) is 18.4 Å². The molecule has 0 spiro atoms. The average molecular weight is 332 g/mol. The van der Waals surface area contributed by atoms with Gasteiger partial charge < -0.3 is 18.4 Å². The number of benzene rings is 1. The molecule has 2 aromatic heterocycles. The summed E-state index contributed by atoms with van der Waals surface area (Å²) in [5.74, 6) is 4.75. The topological polar surface area (TPSA) is 70.5 Å². The number of hydrogen-bond acceptors (Lipinski definition) is 7. The zero-order valence-electron chi connectivity index (χ0n) is 12.6. The second-order valence-electron chi connectivity index (χ2n) is 4.57. The highest BCUT2D eigenvalue weighted by Crippen LogP contribution is 2.19. The van der Waals surface area contributed by atoms with E-state index in [0.717, 1.165) is 17.3 Å². The van der Waals surface area contributed by atoms with E-state index in [1.54, 1.807) is 37.3 Å². The van der Waals surface area contributed by atoms with Crippen LogP contribution in [0, 0.1) is 0 Å². The molecule has 7 heteroatoms. The first kappa shape index (κ1) is 15.5. The van der Waals surface area contributed by atoms with Crippen LogP contribution >= 0.6 is 11.8 Å². The molecule has 0 unspecified atom stereocenters. The zero-order chi connectivity index (χ0) is 15.9. The van der Waals surface area contributed by atoms with Crippen molar-refractivity contribution in [2.24, 2.45) is 0 Å². The van der Waals surface area contributed by atoms with Gasteiger partial charge in [-0.15, -0.1) is 11.8 Å². The highest BCUT2D eigenvalue weighted by molar-refractivity contribution is 7.98. The van der Waals surface area contributed by atoms with Crippen molar-refractivity contribution in [3.8, 4) is 23.1 Å². The molecule has 0 aliphatic rings. The van der Waals surface area contributed by atoms with Gasteiger partial charge in [-0.25, -0.2) is 0 Å². The van der Waals surface area contributed by atoms with Crippen molar-refractivity contribution in [1.82, 2.24) is 10.1 Å². The third kappa shape index (κ3) is 4.29. The van der Waals surface area contributed by atoms with Gasteiger partial charge >= 0.3 is 0 Å². The molecule has 1 aromatic carbocycles. The van der Waals surface area contributed by atoms with Crippen molar-refractivity contribution in [3.63, 3.8) is 0 Å². The summed E-state index contributed by atoms with van der Waals surface area (Å²) < 4.78 is 21.2. The molecule has 6 nitrogen and oxygen atoms in total. The molecule has 0 aliphatic heterocycles. The molecule has 0 saturated heterocycles. The Hall–Kier alpha value is -2.41. The van der Waals surface area contributed by atoms with Crippen molar-refractivity contribution in [1.29, 1.82) is 0 Å². The van der Waals surface area contributed by atoms with Crippen molar-refractivity contribution in [3.05, 3.63) is 48.6 Å². The maximum absolute atomic E-state index is 5.65. The molecule has 0 N–H and O–H groups in total. The summed E-state index contributed by atoms with van der Waals surface area (Å²) in [4.78, 5) is 4.28. The maximum atomic E-state index is 5.65. The normalized spacial score (nSPS) is 10.7. The van der Waals surface area contributed by atoms with Crippen LogP contribution in [0.15, 0.2) is 51.6 Å². The Kier molecular flexibility index (Phi) is 5.21. The molecule has 3 aromatic rings. The highest BCUT2D eigenvalue weighted by atomic mass is 32.2. The maximum Gasteiger partial charge on any atom is 0.238 e. The number of rotatable bonds is 8.